The second kappa shape index (κ2) is 8.32. The number of likely N-dealkylation sites (N-methyl/N-ethyl adjacent to an activating group) is 1. The van der Waals surface area contributed by atoms with Crippen LogP contribution in [0, 0.1) is 6.92 Å². The first-order valence-corrected chi connectivity index (χ1v) is 8.52. The first-order chi connectivity index (χ1) is 10.2. The molecule has 1 atom stereocenters. The Morgan fingerprint density at radius 3 is 2.62 bits per heavy atom. The van der Waals surface area contributed by atoms with Crippen LogP contribution in [0.25, 0.3) is 0 Å². The lowest BCUT2D eigenvalue weighted by molar-refractivity contribution is 0.315. The minimum absolute atomic E-state index is 0.440. The molecular weight excluding hydrogens is 276 g/mol. The molecule has 21 heavy (non-hydrogen) atoms. The van der Waals surface area contributed by atoms with Gasteiger partial charge in [-0.25, -0.2) is 0 Å². The van der Waals surface area contributed by atoms with Crippen LogP contribution in [0.1, 0.15) is 28.5 Å². The van der Waals surface area contributed by atoms with Gasteiger partial charge in [-0.15, -0.1) is 11.3 Å². The lowest BCUT2D eigenvalue weighted by Crippen LogP contribution is -2.27. The van der Waals surface area contributed by atoms with Crippen LogP contribution in [0.3, 0.4) is 0 Å². The van der Waals surface area contributed by atoms with Gasteiger partial charge < -0.3 is 10.2 Å². The summed E-state index contributed by atoms with van der Waals surface area (Å²) in [5, 5.41) is 5.62. The van der Waals surface area contributed by atoms with E-state index >= 15 is 0 Å². The molecule has 3 heteroatoms. The normalized spacial score (nSPS) is 12.8. The van der Waals surface area contributed by atoms with Gasteiger partial charge in [-0.3, -0.25) is 0 Å². The van der Waals surface area contributed by atoms with Crippen molar-refractivity contribution >= 4 is 11.3 Å². The molecule has 2 nitrogen and oxygen atoms in total. The fourth-order valence-corrected chi connectivity index (χ4v) is 3.35. The van der Waals surface area contributed by atoms with Crippen molar-refractivity contribution in [3.8, 4) is 0 Å². The molecule has 1 N–H and O–H groups in total. The summed E-state index contributed by atoms with van der Waals surface area (Å²) >= 11 is 1.85. The van der Waals surface area contributed by atoms with Crippen LogP contribution >= 0.6 is 11.3 Å². The lowest BCUT2D eigenvalue weighted by atomic mass is 9.99. The predicted octanol–water partition coefficient (Wildman–Crippen LogP) is 3.88. The van der Waals surface area contributed by atoms with Gasteiger partial charge in [0.2, 0.25) is 0 Å². The molecule has 0 aliphatic carbocycles. The van der Waals surface area contributed by atoms with E-state index in [2.05, 4.69) is 73.0 Å². The van der Waals surface area contributed by atoms with Gasteiger partial charge in [0.25, 0.3) is 0 Å². The topological polar surface area (TPSA) is 15.3 Å². The predicted molar refractivity (Wildman–Crippen MR) is 93.1 cm³/mol. The first kappa shape index (κ1) is 16.2. The van der Waals surface area contributed by atoms with Gasteiger partial charge >= 0.3 is 0 Å². The molecule has 0 fully saturated rings. The minimum atomic E-state index is 0.440. The number of hydrogen-bond donors (Lipinski definition) is 1. The van der Waals surface area contributed by atoms with Gasteiger partial charge in [0.1, 0.15) is 0 Å². The molecule has 2 rings (SSSR count). The van der Waals surface area contributed by atoms with E-state index < -0.39 is 0 Å². The van der Waals surface area contributed by atoms with Gasteiger partial charge in [-0.05, 0) is 63.0 Å². The van der Waals surface area contributed by atoms with Crippen molar-refractivity contribution in [2.75, 3.05) is 27.2 Å². The van der Waals surface area contributed by atoms with Gasteiger partial charge in [-0.1, -0.05) is 30.3 Å². The highest BCUT2D eigenvalue weighted by Crippen LogP contribution is 2.20. The highest BCUT2D eigenvalue weighted by atomic mass is 32.1. The van der Waals surface area contributed by atoms with Crippen molar-refractivity contribution in [3.05, 3.63) is 57.8 Å². The van der Waals surface area contributed by atoms with Gasteiger partial charge in [0.15, 0.2) is 0 Å². The average molecular weight is 302 g/mol. The first-order valence-electron chi connectivity index (χ1n) is 7.64. The summed E-state index contributed by atoms with van der Waals surface area (Å²) < 4.78 is 0. The molecule has 2 aromatic rings. The molecule has 1 aromatic carbocycles. The van der Waals surface area contributed by atoms with Crippen LogP contribution in [0.5, 0.6) is 0 Å². The Bertz CT molecular complexity index is 522. The molecule has 0 saturated carbocycles. The smallest absolute Gasteiger partial charge is 0.0332 e. The third-order valence-electron chi connectivity index (χ3n) is 4.03. The monoisotopic (exact) mass is 302 g/mol. The maximum absolute atomic E-state index is 3.46. The number of aryl methyl sites for hydroxylation is 1. The number of hydrogen-bond acceptors (Lipinski definition) is 3. The number of nitrogens with one attached hydrogen (secondary N) is 1. The minimum Gasteiger partial charge on any atom is -0.313 e. The molecule has 0 radical (unpaired) electrons. The molecule has 114 valence electrons. The van der Waals surface area contributed by atoms with Crippen LogP contribution in [0.2, 0.25) is 0 Å². The highest BCUT2D eigenvalue weighted by Gasteiger charge is 2.12. The fraction of sp³-hybridized carbons (Fsp3) is 0.444. The zero-order valence-corrected chi connectivity index (χ0v) is 14.1. The van der Waals surface area contributed by atoms with Crippen molar-refractivity contribution in [2.24, 2.45) is 0 Å². The molecule has 0 amide bonds. The highest BCUT2D eigenvalue weighted by molar-refractivity contribution is 7.09. The lowest BCUT2D eigenvalue weighted by Gasteiger charge is -2.23. The summed E-state index contributed by atoms with van der Waals surface area (Å²) in [6.07, 6.45) is 2.30. The standard InChI is InChI=1S/C18H26N2S/c1-15-7-4-5-9-17(15)18(19-2)11-13-20(3)12-10-16-8-6-14-21-16/h4-9,14,18-19H,10-13H2,1-3H3. The van der Waals surface area contributed by atoms with Crippen LogP contribution in [-0.4, -0.2) is 32.1 Å². The van der Waals surface area contributed by atoms with Crippen molar-refractivity contribution in [1.29, 1.82) is 0 Å². The molecule has 0 aliphatic rings. The van der Waals surface area contributed by atoms with Crippen LogP contribution in [-0.2, 0) is 6.42 Å². The third kappa shape index (κ3) is 4.95. The Labute approximate surface area is 132 Å². The quantitative estimate of drug-likeness (QED) is 0.796. The molecule has 0 saturated heterocycles. The molecular formula is C18H26N2S. The van der Waals surface area contributed by atoms with Gasteiger partial charge in [0, 0.05) is 17.5 Å². The molecule has 0 bridgehead atoms. The fourth-order valence-electron chi connectivity index (χ4n) is 2.65. The van der Waals surface area contributed by atoms with E-state index in [-0.39, 0.29) is 0 Å². The molecule has 1 aromatic heterocycles. The van der Waals surface area contributed by atoms with E-state index in [1.807, 2.05) is 11.3 Å². The van der Waals surface area contributed by atoms with Crippen LogP contribution < -0.4 is 5.32 Å². The second-order valence-corrected chi connectivity index (χ2v) is 6.65. The van der Waals surface area contributed by atoms with Crippen molar-refractivity contribution in [3.63, 3.8) is 0 Å². The Kier molecular flexibility index (Phi) is 6.43. The summed E-state index contributed by atoms with van der Waals surface area (Å²) in [6.45, 7) is 4.44. The maximum Gasteiger partial charge on any atom is 0.0332 e. The largest absolute Gasteiger partial charge is 0.313 e. The summed E-state index contributed by atoms with van der Waals surface area (Å²) in [6, 6.07) is 13.5. The Morgan fingerprint density at radius 2 is 1.95 bits per heavy atom. The Morgan fingerprint density at radius 1 is 1.14 bits per heavy atom. The van der Waals surface area contributed by atoms with E-state index in [1.54, 1.807) is 0 Å². The molecule has 1 heterocycles. The Balaban J connectivity index is 1.81. The molecule has 0 spiro atoms. The zero-order chi connectivity index (χ0) is 15.1. The number of benzene rings is 1. The molecule has 1 unspecified atom stereocenters. The van der Waals surface area contributed by atoms with E-state index in [0.717, 1.165) is 25.9 Å². The SMILES string of the molecule is CNC(CCN(C)CCc1cccs1)c1ccccc1C. The zero-order valence-electron chi connectivity index (χ0n) is 13.3. The van der Waals surface area contributed by atoms with Crippen LogP contribution in [0.4, 0.5) is 0 Å². The summed E-state index contributed by atoms with van der Waals surface area (Å²) in [4.78, 5) is 3.91. The third-order valence-corrected chi connectivity index (χ3v) is 4.97. The number of thiophene rings is 1. The second-order valence-electron chi connectivity index (χ2n) is 5.62. The van der Waals surface area contributed by atoms with E-state index in [1.165, 1.54) is 16.0 Å². The van der Waals surface area contributed by atoms with Crippen molar-refractivity contribution in [1.82, 2.24) is 10.2 Å². The Hall–Kier alpha value is -1.16. The maximum atomic E-state index is 3.46. The van der Waals surface area contributed by atoms with Gasteiger partial charge in [-0.2, -0.15) is 0 Å². The van der Waals surface area contributed by atoms with Crippen molar-refractivity contribution < 1.29 is 0 Å². The number of nitrogens with zero attached hydrogens (tertiary/aromatic N) is 1. The van der Waals surface area contributed by atoms with Crippen LogP contribution in [0.15, 0.2) is 41.8 Å². The summed E-state index contributed by atoms with van der Waals surface area (Å²) in [5.74, 6) is 0. The van der Waals surface area contributed by atoms with Crippen molar-refractivity contribution in [2.45, 2.75) is 25.8 Å². The average Bonchev–Trinajstić information content (AvgIpc) is 3.01. The molecule has 0 aliphatic heterocycles. The summed E-state index contributed by atoms with van der Waals surface area (Å²) in [5.41, 5.74) is 2.80. The van der Waals surface area contributed by atoms with Gasteiger partial charge in [0.05, 0.1) is 0 Å². The summed E-state index contributed by atoms with van der Waals surface area (Å²) in [7, 11) is 4.28. The number of rotatable bonds is 8. The van der Waals surface area contributed by atoms with E-state index in [4.69, 9.17) is 0 Å². The van der Waals surface area contributed by atoms with E-state index in [9.17, 15) is 0 Å². The van der Waals surface area contributed by atoms with E-state index in [0.29, 0.717) is 6.04 Å².